The predicted molar refractivity (Wildman–Crippen MR) is 91.2 cm³/mol. The number of oxazole rings is 1. The number of piperidine rings is 1. The van der Waals surface area contributed by atoms with Crippen molar-refractivity contribution < 1.29 is 12.8 Å². The zero-order valence-corrected chi connectivity index (χ0v) is 13.9. The molecule has 0 N–H and O–H groups in total. The van der Waals surface area contributed by atoms with Gasteiger partial charge in [0.15, 0.2) is 11.5 Å². The van der Waals surface area contributed by atoms with Gasteiger partial charge in [0.25, 0.3) is 0 Å². The summed E-state index contributed by atoms with van der Waals surface area (Å²) in [5.74, 6) is 0.619. The van der Waals surface area contributed by atoms with Crippen molar-refractivity contribution in [3.63, 3.8) is 0 Å². The van der Waals surface area contributed by atoms with E-state index in [-0.39, 0.29) is 5.92 Å². The molecular formula is C18H18N2O3S. The summed E-state index contributed by atoms with van der Waals surface area (Å²) in [5.41, 5.74) is 1.56. The molecule has 0 unspecified atom stereocenters. The van der Waals surface area contributed by atoms with Crippen LogP contribution in [0.15, 0.2) is 63.9 Å². The molecule has 0 radical (unpaired) electrons. The lowest BCUT2D eigenvalue weighted by atomic mass is 10.00. The van der Waals surface area contributed by atoms with Crippen molar-refractivity contribution in [2.24, 2.45) is 0 Å². The summed E-state index contributed by atoms with van der Waals surface area (Å²) >= 11 is 0. The quantitative estimate of drug-likeness (QED) is 0.732. The van der Waals surface area contributed by atoms with E-state index in [1.807, 2.05) is 30.3 Å². The monoisotopic (exact) mass is 342 g/mol. The molecular weight excluding hydrogens is 324 g/mol. The number of benzene rings is 2. The SMILES string of the molecule is O=S(=O)(c1ccccc1)N1CCC[C@H](c2nc3ccccc3o2)C1. The van der Waals surface area contributed by atoms with Gasteiger partial charge in [-0.3, -0.25) is 0 Å². The van der Waals surface area contributed by atoms with E-state index >= 15 is 0 Å². The van der Waals surface area contributed by atoms with Crippen molar-refractivity contribution in [3.8, 4) is 0 Å². The summed E-state index contributed by atoms with van der Waals surface area (Å²) in [6.07, 6.45) is 1.68. The third-order valence-electron chi connectivity index (χ3n) is 4.42. The Labute approximate surface area is 141 Å². The smallest absolute Gasteiger partial charge is 0.243 e. The topological polar surface area (TPSA) is 63.4 Å². The molecule has 1 aliphatic rings. The molecule has 1 aliphatic heterocycles. The fraction of sp³-hybridized carbons (Fsp3) is 0.278. The first-order chi connectivity index (χ1) is 11.6. The normalized spacial score (nSPS) is 19.6. The Balaban J connectivity index is 1.62. The highest BCUT2D eigenvalue weighted by molar-refractivity contribution is 7.89. The molecule has 0 amide bonds. The van der Waals surface area contributed by atoms with E-state index in [0.29, 0.717) is 23.9 Å². The molecule has 0 aliphatic carbocycles. The fourth-order valence-electron chi connectivity index (χ4n) is 3.17. The second kappa shape index (κ2) is 6.03. The van der Waals surface area contributed by atoms with Crippen LogP contribution >= 0.6 is 0 Å². The molecule has 1 saturated heterocycles. The minimum Gasteiger partial charge on any atom is -0.440 e. The van der Waals surface area contributed by atoms with E-state index < -0.39 is 10.0 Å². The van der Waals surface area contributed by atoms with Crippen molar-refractivity contribution in [2.75, 3.05) is 13.1 Å². The molecule has 0 bridgehead atoms. The molecule has 1 aromatic heterocycles. The van der Waals surface area contributed by atoms with Crippen LogP contribution in [0.3, 0.4) is 0 Å². The molecule has 6 heteroatoms. The predicted octanol–water partition coefficient (Wildman–Crippen LogP) is 3.40. The summed E-state index contributed by atoms with van der Waals surface area (Å²) in [6, 6.07) is 16.2. The number of para-hydroxylation sites is 2. The van der Waals surface area contributed by atoms with Crippen LogP contribution in [0.2, 0.25) is 0 Å². The first kappa shape index (κ1) is 15.4. The van der Waals surface area contributed by atoms with Crippen molar-refractivity contribution in [2.45, 2.75) is 23.7 Å². The van der Waals surface area contributed by atoms with Crippen molar-refractivity contribution in [1.82, 2.24) is 9.29 Å². The van der Waals surface area contributed by atoms with Crippen LogP contribution in [0.25, 0.3) is 11.1 Å². The molecule has 3 aromatic rings. The summed E-state index contributed by atoms with van der Waals surface area (Å²) < 4.78 is 33.0. The first-order valence-electron chi connectivity index (χ1n) is 8.05. The molecule has 4 rings (SSSR count). The molecule has 124 valence electrons. The summed E-state index contributed by atoms with van der Waals surface area (Å²) in [5, 5.41) is 0. The van der Waals surface area contributed by atoms with Gasteiger partial charge in [-0.1, -0.05) is 30.3 Å². The van der Waals surface area contributed by atoms with Gasteiger partial charge in [-0.15, -0.1) is 0 Å². The van der Waals surface area contributed by atoms with E-state index in [2.05, 4.69) is 4.98 Å². The Kier molecular flexibility index (Phi) is 3.86. The number of sulfonamides is 1. The Morgan fingerprint density at radius 3 is 2.58 bits per heavy atom. The Hall–Kier alpha value is -2.18. The minimum atomic E-state index is -3.47. The van der Waals surface area contributed by atoms with Crippen molar-refractivity contribution in [3.05, 3.63) is 60.5 Å². The van der Waals surface area contributed by atoms with Crippen LogP contribution in [0.1, 0.15) is 24.7 Å². The fourth-order valence-corrected chi connectivity index (χ4v) is 4.71. The van der Waals surface area contributed by atoms with Gasteiger partial charge < -0.3 is 4.42 Å². The highest BCUT2D eigenvalue weighted by atomic mass is 32.2. The van der Waals surface area contributed by atoms with Crippen LogP contribution in [0, 0.1) is 0 Å². The zero-order chi connectivity index (χ0) is 16.6. The first-order valence-corrected chi connectivity index (χ1v) is 9.49. The lowest BCUT2D eigenvalue weighted by molar-refractivity contribution is 0.288. The third kappa shape index (κ3) is 2.72. The van der Waals surface area contributed by atoms with Gasteiger partial charge >= 0.3 is 0 Å². The maximum Gasteiger partial charge on any atom is 0.243 e. The maximum atomic E-state index is 12.8. The molecule has 2 aromatic carbocycles. The van der Waals surface area contributed by atoms with Gasteiger partial charge in [-0.2, -0.15) is 4.31 Å². The van der Waals surface area contributed by atoms with Crippen molar-refractivity contribution in [1.29, 1.82) is 0 Å². The van der Waals surface area contributed by atoms with Crippen LogP contribution in [0.4, 0.5) is 0 Å². The molecule has 2 heterocycles. The average molecular weight is 342 g/mol. The number of hydrogen-bond acceptors (Lipinski definition) is 4. The summed E-state index contributed by atoms with van der Waals surface area (Å²) in [4.78, 5) is 4.87. The largest absolute Gasteiger partial charge is 0.440 e. The van der Waals surface area contributed by atoms with Gasteiger partial charge in [0.2, 0.25) is 10.0 Å². The van der Waals surface area contributed by atoms with Gasteiger partial charge in [-0.25, -0.2) is 13.4 Å². The molecule has 1 fully saturated rings. The zero-order valence-electron chi connectivity index (χ0n) is 13.1. The van der Waals surface area contributed by atoms with E-state index in [1.54, 1.807) is 28.6 Å². The van der Waals surface area contributed by atoms with Crippen LogP contribution in [-0.2, 0) is 10.0 Å². The molecule has 5 nitrogen and oxygen atoms in total. The maximum absolute atomic E-state index is 12.8. The summed E-state index contributed by atoms with van der Waals surface area (Å²) in [7, 11) is -3.47. The average Bonchev–Trinajstić information content (AvgIpc) is 3.07. The number of rotatable bonds is 3. The minimum absolute atomic E-state index is 0.00960. The lowest BCUT2D eigenvalue weighted by Crippen LogP contribution is -2.39. The molecule has 24 heavy (non-hydrogen) atoms. The van der Waals surface area contributed by atoms with Gasteiger partial charge in [0.05, 0.1) is 4.90 Å². The van der Waals surface area contributed by atoms with Crippen molar-refractivity contribution >= 4 is 21.1 Å². The molecule has 1 atom stereocenters. The number of hydrogen-bond donors (Lipinski definition) is 0. The highest BCUT2D eigenvalue weighted by Gasteiger charge is 2.32. The number of fused-ring (bicyclic) bond motifs is 1. The van der Waals surface area contributed by atoms with E-state index in [1.165, 1.54) is 0 Å². The van der Waals surface area contributed by atoms with Crippen LogP contribution in [-0.4, -0.2) is 30.8 Å². The second-order valence-electron chi connectivity index (χ2n) is 6.04. The Morgan fingerprint density at radius 1 is 1.04 bits per heavy atom. The third-order valence-corrected chi connectivity index (χ3v) is 6.30. The molecule has 0 spiro atoms. The Morgan fingerprint density at radius 2 is 1.79 bits per heavy atom. The van der Waals surface area contributed by atoms with Gasteiger partial charge in [-0.05, 0) is 37.1 Å². The van der Waals surface area contributed by atoms with Gasteiger partial charge in [0.1, 0.15) is 5.52 Å². The molecule has 0 saturated carbocycles. The standard InChI is InChI=1S/C18H18N2O3S/c21-24(22,15-8-2-1-3-9-15)20-12-6-7-14(13-20)18-19-16-10-4-5-11-17(16)23-18/h1-5,8-11,14H,6-7,12-13H2/t14-/m0/s1. The second-order valence-corrected chi connectivity index (χ2v) is 7.97. The number of aromatic nitrogens is 1. The van der Waals surface area contributed by atoms with E-state index in [0.717, 1.165) is 23.9 Å². The van der Waals surface area contributed by atoms with Gasteiger partial charge in [0, 0.05) is 19.0 Å². The highest BCUT2D eigenvalue weighted by Crippen LogP contribution is 2.31. The van der Waals surface area contributed by atoms with Crippen LogP contribution < -0.4 is 0 Å². The number of nitrogens with zero attached hydrogens (tertiary/aromatic N) is 2. The summed E-state index contributed by atoms with van der Waals surface area (Å²) in [6.45, 7) is 0.942. The van der Waals surface area contributed by atoms with E-state index in [4.69, 9.17) is 4.42 Å². The Bertz CT molecular complexity index is 918. The lowest BCUT2D eigenvalue weighted by Gasteiger charge is -2.30. The van der Waals surface area contributed by atoms with E-state index in [9.17, 15) is 8.42 Å². The van der Waals surface area contributed by atoms with Crippen LogP contribution in [0.5, 0.6) is 0 Å².